The fraction of sp³-hybridized carbons (Fsp3) is 0.800. The van der Waals surface area contributed by atoms with E-state index in [9.17, 15) is 4.79 Å². The second kappa shape index (κ2) is 4.55. The van der Waals surface area contributed by atoms with Crippen molar-refractivity contribution in [3.05, 3.63) is 0 Å². The zero-order chi connectivity index (χ0) is 10.7. The van der Waals surface area contributed by atoms with E-state index < -0.39 is 0 Å². The van der Waals surface area contributed by atoms with E-state index in [2.05, 4.69) is 5.10 Å². The van der Waals surface area contributed by atoms with Gasteiger partial charge in [-0.3, -0.25) is 4.79 Å². The monoisotopic (exact) mass is 197 g/mol. The number of nitrogens with zero attached hydrogens (tertiary/aromatic N) is 2. The Balaban J connectivity index is 2.80. The van der Waals surface area contributed by atoms with E-state index in [1.54, 1.807) is 5.01 Å². The maximum atomic E-state index is 11.9. The highest BCUT2D eigenvalue weighted by Gasteiger charge is 2.34. The first-order chi connectivity index (χ1) is 6.61. The molecule has 0 saturated heterocycles. The highest BCUT2D eigenvalue weighted by atomic mass is 16.2. The number of carbonyl (C=O) groups is 1. The van der Waals surface area contributed by atoms with Crippen molar-refractivity contribution in [3.8, 4) is 0 Å². The second-order valence-electron chi connectivity index (χ2n) is 3.85. The first kappa shape index (κ1) is 11.2. The highest BCUT2D eigenvalue weighted by Crippen LogP contribution is 2.22. The lowest BCUT2D eigenvalue weighted by atomic mass is 9.97. The van der Waals surface area contributed by atoms with E-state index in [1.807, 2.05) is 20.8 Å². The van der Waals surface area contributed by atoms with Crippen molar-refractivity contribution < 1.29 is 4.79 Å². The van der Waals surface area contributed by atoms with Gasteiger partial charge in [0.05, 0.1) is 11.6 Å². The van der Waals surface area contributed by atoms with Crippen LogP contribution >= 0.6 is 0 Å². The van der Waals surface area contributed by atoms with Gasteiger partial charge in [-0.05, 0) is 33.2 Å². The maximum absolute atomic E-state index is 11.9. The number of nitrogens with two attached hydrogens (primary N) is 1. The van der Waals surface area contributed by atoms with E-state index in [-0.39, 0.29) is 17.9 Å². The molecule has 4 nitrogen and oxygen atoms in total. The number of hydrazone groups is 1. The lowest BCUT2D eigenvalue weighted by Gasteiger charge is -2.17. The fourth-order valence-corrected chi connectivity index (χ4v) is 1.70. The molecule has 1 amide bonds. The summed E-state index contributed by atoms with van der Waals surface area (Å²) in [5.41, 5.74) is 6.46. The third-order valence-corrected chi connectivity index (χ3v) is 2.47. The Kier molecular flexibility index (Phi) is 3.63. The van der Waals surface area contributed by atoms with Crippen LogP contribution in [-0.4, -0.2) is 29.2 Å². The molecule has 0 aromatic carbocycles. The number of rotatable bonds is 4. The van der Waals surface area contributed by atoms with Gasteiger partial charge in [0.15, 0.2) is 0 Å². The average molecular weight is 197 g/mol. The molecular weight excluding hydrogens is 178 g/mol. The predicted molar refractivity (Wildman–Crippen MR) is 56.9 cm³/mol. The summed E-state index contributed by atoms with van der Waals surface area (Å²) < 4.78 is 0. The molecule has 1 unspecified atom stereocenters. The summed E-state index contributed by atoms with van der Waals surface area (Å²) in [6.45, 7) is 6.51. The van der Waals surface area contributed by atoms with Crippen LogP contribution in [0.4, 0.5) is 0 Å². The van der Waals surface area contributed by atoms with Gasteiger partial charge in [0.1, 0.15) is 0 Å². The molecule has 1 atom stereocenters. The summed E-state index contributed by atoms with van der Waals surface area (Å²) in [7, 11) is 0. The third kappa shape index (κ3) is 1.95. The highest BCUT2D eigenvalue weighted by molar-refractivity contribution is 6.07. The van der Waals surface area contributed by atoms with E-state index in [1.165, 1.54) is 0 Å². The van der Waals surface area contributed by atoms with Gasteiger partial charge in [0.2, 0.25) is 0 Å². The fourth-order valence-electron chi connectivity index (χ4n) is 1.70. The summed E-state index contributed by atoms with van der Waals surface area (Å²) in [5.74, 6) is 0.0506. The Hall–Kier alpha value is -0.900. The van der Waals surface area contributed by atoms with Crippen LogP contribution in [0.15, 0.2) is 5.10 Å². The van der Waals surface area contributed by atoms with E-state index in [0.29, 0.717) is 13.0 Å². The van der Waals surface area contributed by atoms with Crippen LogP contribution in [0.2, 0.25) is 0 Å². The molecule has 0 radical (unpaired) electrons. The summed E-state index contributed by atoms with van der Waals surface area (Å²) in [5, 5.41) is 5.91. The molecule has 0 fully saturated rings. The van der Waals surface area contributed by atoms with Gasteiger partial charge in [0.25, 0.3) is 5.91 Å². The summed E-state index contributed by atoms with van der Waals surface area (Å²) >= 11 is 0. The minimum atomic E-state index is -0.0626. The van der Waals surface area contributed by atoms with Crippen LogP contribution in [-0.2, 0) is 4.79 Å². The van der Waals surface area contributed by atoms with Crippen LogP contribution in [0.5, 0.6) is 0 Å². The minimum absolute atomic E-state index is 0.0626. The molecule has 1 aliphatic rings. The molecule has 2 N–H and O–H groups in total. The Labute approximate surface area is 85.1 Å². The standard InChI is InChI=1S/C10H19N3O/c1-4-9-8(5-6-11)10(14)13(12-9)7(2)3/h7-8H,4-6,11H2,1-3H3. The van der Waals surface area contributed by atoms with E-state index in [0.717, 1.165) is 12.1 Å². The molecule has 0 spiro atoms. The van der Waals surface area contributed by atoms with Gasteiger partial charge in [-0.15, -0.1) is 0 Å². The Morgan fingerprint density at radius 3 is 2.64 bits per heavy atom. The quantitative estimate of drug-likeness (QED) is 0.730. The lowest BCUT2D eigenvalue weighted by Crippen LogP contribution is -2.33. The van der Waals surface area contributed by atoms with Gasteiger partial charge in [-0.1, -0.05) is 6.92 Å². The average Bonchev–Trinajstić information content (AvgIpc) is 2.45. The van der Waals surface area contributed by atoms with Gasteiger partial charge < -0.3 is 5.73 Å². The molecular formula is C10H19N3O. The summed E-state index contributed by atoms with van der Waals surface area (Å²) in [6, 6.07) is 0.145. The summed E-state index contributed by atoms with van der Waals surface area (Å²) in [6.07, 6.45) is 1.55. The van der Waals surface area contributed by atoms with Gasteiger partial charge >= 0.3 is 0 Å². The topological polar surface area (TPSA) is 58.7 Å². The van der Waals surface area contributed by atoms with Gasteiger partial charge in [0, 0.05) is 6.04 Å². The number of amides is 1. The number of carbonyl (C=O) groups excluding carboxylic acids is 1. The van der Waals surface area contributed by atoms with Gasteiger partial charge in [-0.2, -0.15) is 5.10 Å². The van der Waals surface area contributed by atoms with Gasteiger partial charge in [-0.25, -0.2) is 5.01 Å². The molecule has 1 heterocycles. The molecule has 0 saturated carbocycles. The normalized spacial score (nSPS) is 22.1. The smallest absolute Gasteiger partial charge is 0.251 e. The number of hydrogen-bond acceptors (Lipinski definition) is 3. The third-order valence-electron chi connectivity index (χ3n) is 2.47. The SMILES string of the molecule is CCC1=NN(C(C)C)C(=O)C1CCN. The lowest BCUT2D eigenvalue weighted by molar-refractivity contribution is -0.133. The van der Waals surface area contributed by atoms with Crippen LogP contribution in [0.25, 0.3) is 0 Å². The molecule has 0 bridgehead atoms. The van der Waals surface area contributed by atoms with E-state index >= 15 is 0 Å². The second-order valence-corrected chi connectivity index (χ2v) is 3.85. The first-order valence-corrected chi connectivity index (χ1v) is 5.22. The molecule has 4 heteroatoms. The predicted octanol–water partition coefficient (Wildman–Crippen LogP) is 0.968. The van der Waals surface area contributed by atoms with E-state index in [4.69, 9.17) is 5.73 Å². The first-order valence-electron chi connectivity index (χ1n) is 5.22. The van der Waals surface area contributed by atoms with Crippen molar-refractivity contribution in [1.82, 2.24) is 5.01 Å². The molecule has 1 rings (SSSR count). The largest absolute Gasteiger partial charge is 0.330 e. The molecule has 80 valence electrons. The molecule has 0 aliphatic carbocycles. The molecule has 1 aliphatic heterocycles. The Morgan fingerprint density at radius 1 is 1.57 bits per heavy atom. The Bertz CT molecular complexity index is 248. The van der Waals surface area contributed by atoms with Crippen molar-refractivity contribution in [2.75, 3.05) is 6.54 Å². The Morgan fingerprint density at radius 2 is 2.21 bits per heavy atom. The van der Waals surface area contributed by atoms with Crippen molar-refractivity contribution in [1.29, 1.82) is 0 Å². The zero-order valence-electron chi connectivity index (χ0n) is 9.16. The zero-order valence-corrected chi connectivity index (χ0v) is 9.16. The van der Waals surface area contributed by atoms with Crippen LogP contribution in [0.3, 0.4) is 0 Å². The van der Waals surface area contributed by atoms with Crippen LogP contribution in [0.1, 0.15) is 33.6 Å². The minimum Gasteiger partial charge on any atom is -0.330 e. The van der Waals surface area contributed by atoms with Crippen molar-refractivity contribution in [3.63, 3.8) is 0 Å². The van der Waals surface area contributed by atoms with Crippen molar-refractivity contribution in [2.45, 2.75) is 39.7 Å². The van der Waals surface area contributed by atoms with Crippen molar-refractivity contribution >= 4 is 11.6 Å². The molecule has 14 heavy (non-hydrogen) atoms. The van der Waals surface area contributed by atoms with Crippen LogP contribution in [0, 0.1) is 5.92 Å². The maximum Gasteiger partial charge on any atom is 0.251 e. The molecule has 0 aromatic rings. The van der Waals surface area contributed by atoms with Crippen molar-refractivity contribution in [2.24, 2.45) is 16.8 Å². The van der Waals surface area contributed by atoms with Crippen LogP contribution < -0.4 is 5.73 Å². The summed E-state index contributed by atoms with van der Waals surface area (Å²) in [4.78, 5) is 11.9. The number of hydrogen-bond donors (Lipinski definition) is 1. The molecule has 0 aromatic heterocycles.